The largest absolute Gasteiger partial charge is 0.423 e. The van der Waals surface area contributed by atoms with Gasteiger partial charge in [0, 0.05) is 4.47 Å². The molecule has 3 aromatic carbocycles. The fourth-order valence-corrected chi connectivity index (χ4v) is 2.42. The number of esters is 2. The van der Waals surface area contributed by atoms with Crippen molar-refractivity contribution in [3.63, 3.8) is 0 Å². The quantitative estimate of drug-likeness (QED) is 0.465. The zero-order valence-electron chi connectivity index (χ0n) is 13.0. The predicted molar refractivity (Wildman–Crippen MR) is 96.9 cm³/mol. The number of ether oxygens (including phenoxy) is 2. The number of carbonyl (C=O) groups excluding carboxylic acids is 2. The van der Waals surface area contributed by atoms with E-state index < -0.39 is 11.9 Å². The molecule has 0 unspecified atom stereocenters. The van der Waals surface area contributed by atoms with Gasteiger partial charge in [-0.1, -0.05) is 46.3 Å². The topological polar surface area (TPSA) is 52.6 Å². The number of hydrogen-bond acceptors (Lipinski definition) is 4. The molecule has 3 rings (SSSR count). The summed E-state index contributed by atoms with van der Waals surface area (Å²) in [7, 11) is 0. The summed E-state index contributed by atoms with van der Waals surface area (Å²) in [6.07, 6.45) is 0. The van der Waals surface area contributed by atoms with Gasteiger partial charge in [-0.2, -0.15) is 0 Å². The van der Waals surface area contributed by atoms with Crippen molar-refractivity contribution in [2.75, 3.05) is 0 Å². The second kappa shape index (κ2) is 7.77. The highest BCUT2D eigenvalue weighted by Crippen LogP contribution is 2.20. The smallest absolute Gasteiger partial charge is 0.344 e. The van der Waals surface area contributed by atoms with Crippen LogP contribution in [0.1, 0.15) is 20.7 Å². The van der Waals surface area contributed by atoms with Crippen LogP contribution in [0.3, 0.4) is 0 Å². The minimum atomic E-state index is -0.622. The number of hydrogen-bond donors (Lipinski definition) is 0. The van der Waals surface area contributed by atoms with E-state index in [0.29, 0.717) is 11.5 Å². The third kappa shape index (κ3) is 4.33. The van der Waals surface area contributed by atoms with Crippen LogP contribution in [0.5, 0.6) is 11.5 Å². The third-order valence-corrected chi connectivity index (χ3v) is 3.87. The Hall–Kier alpha value is -2.92. The maximum absolute atomic E-state index is 12.4. The first-order chi connectivity index (χ1) is 12.1. The van der Waals surface area contributed by atoms with Crippen molar-refractivity contribution >= 4 is 27.9 Å². The number of carbonyl (C=O) groups is 2. The highest BCUT2D eigenvalue weighted by atomic mass is 79.9. The van der Waals surface area contributed by atoms with Crippen molar-refractivity contribution < 1.29 is 19.1 Å². The summed E-state index contributed by atoms with van der Waals surface area (Å²) < 4.78 is 11.5. The molecule has 0 aliphatic carbocycles. The molecule has 0 radical (unpaired) electrons. The molecular formula is C20H13BrO4. The number of rotatable bonds is 4. The van der Waals surface area contributed by atoms with Crippen LogP contribution in [0.4, 0.5) is 0 Å². The summed E-state index contributed by atoms with van der Waals surface area (Å²) in [4.78, 5) is 24.8. The van der Waals surface area contributed by atoms with Crippen LogP contribution in [0.15, 0.2) is 83.3 Å². The van der Waals surface area contributed by atoms with Gasteiger partial charge in [-0.15, -0.1) is 0 Å². The SMILES string of the molecule is O=C(Oc1ccccc1)c1ccccc1C(=O)Oc1ccc(Br)cc1. The molecular weight excluding hydrogens is 384 g/mol. The minimum Gasteiger partial charge on any atom is -0.423 e. The molecule has 0 aliphatic heterocycles. The summed E-state index contributed by atoms with van der Waals surface area (Å²) in [5, 5.41) is 0. The van der Waals surface area contributed by atoms with Crippen molar-refractivity contribution in [2.24, 2.45) is 0 Å². The van der Waals surface area contributed by atoms with Gasteiger partial charge in [0.2, 0.25) is 0 Å². The lowest BCUT2D eigenvalue weighted by molar-refractivity contribution is 0.0692. The van der Waals surface area contributed by atoms with Gasteiger partial charge in [0.1, 0.15) is 11.5 Å². The van der Waals surface area contributed by atoms with Gasteiger partial charge < -0.3 is 9.47 Å². The highest BCUT2D eigenvalue weighted by molar-refractivity contribution is 9.10. The average molecular weight is 397 g/mol. The van der Waals surface area contributed by atoms with Crippen LogP contribution in [-0.2, 0) is 0 Å². The molecule has 0 bridgehead atoms. The summed E-state index contributed by atoms with van der Waals surface area (Å²) in [5.74, 6) is -0.444. The fourth-order valence-electron chi connectivity index (χ4n) is 2.15. The van der Waals surface area contributed by atoms with E-state index in [1.165, 1.54) is 12.1 Å². The van der Waals surface area contributed by atoms with Crippen molar-refractivity contribution in [3.05, 3.63) is 94.5 Å². The molecule has 5 heteroatoms. The van der Waals surface area contributed by atoms with E-state index in [1.54, 1.807) is 60.7 Å². The molecule has 4 nitrogen and oxygen atoms in total. The van der Waals surface area contributed by atoms with E-state index in [2.05, 4.69) is 15.9 Å². The van der Waals surface area contributed by atoms with Gasteiger partial charge in [-0.3, -0.25) is 0 Å². The Morgan fingerprint density at radius 2 is 1.04 bits per heavy atom. The zero-order chi connectivity index (χ0) is 17.6. The first kappa shape index (κ1) is 16.9. The van der Waals surface area contributed by atoms with E-state index in [1.807, 2.05) is 6.07 Å². The van der Waals surface area contributed by atoms with Gasteiger partial charge >= 0.3 is 11.9 Å². The first-order valence-electron chi connectivity index (χ1n) is 7.47. The molecule has 0 spiro atoms. The molecule has 0 amide bonds. The molecule has 3 aromatic rings. The highest BCUT2D eigenvalue weighted by Gasteiger charge is 2.20. The molecule has 0 aromatic heterocycles. The van der Waals surface area contributed by atoms with Gasteiger partial charge in [0.05, 0.1) is 11.1 Å². The predicted octanol–water partition coefficient (Wildman–Crippen LogP) is 4.89. The van der Waals surface area contributed by atoms with Gasteiger partial charge in [0.15, 0.2) is 0 Å². The van der Waals surface area contributed by atoms with Crippen LogP contribution in [-0.4, -0.2) is 11.9 Å². The maximum atomic E-state index is 12.4. The van der Waals surface area contributed by atoms with E-state index in [0.717, 1.165) is 4.47 Å². The molecule has 0 heterocycles. The van der Waals surface area contributed by atoms with E-state index in [-0.39, 0.29) is 11.1 Å². The summed E-state index contributed by atoms with van der Waals surface area (Å²) in [5.41, 5.74) is 0.291. The monoisotopic (exact) mass is 396 g/mol. The lowest BCUT2D eigenvalue weighted by Crippen LogP contribution is -2.17. The summed E-state index contributed by atoms with van der Waals surface area (Å²) in [6, 6.07) is 21.9. The van der Waals surface area contributed by atoms with E-state index in [4.69, 9.17) is 9.47 Å². The molecule has 0 saturated carbocycles. The molecule has 124 valence electrons. The lowest BCUT2D eigenvalue weighted by atomic mass is 10.1. The van der Waals surface area contributed by atoms with Crippen LogP contribution >= 0.6 is 15.9 Å². The Morgan fingerprint density at radius 1 is 0.600 bits per heavy atom. The van der Waals surface area contributed by atoms with Crippen molar-refractivity contribution in [3.8, 4) is 11.5 Å². The summed E-state index contributed by atoms with van der Waals surface area (Å²) in [6.45, 7) is 0. The third-order valence-electron chi connectivity index (χ3n) is 3.34. The summed E-state index contributed by atoms with van der Waals surface area (Å²) >= 11 is 3.32. The molecule has 0 atom stereocenters. The van der Waals surface area contributed by atoms with Crippen molar-refractivity contribution in [1.29, 1.82) is 0 Å². The van der Waals surface area contributed by atoms with Crippen LogP contribution in [0.25, 0.3) is 0 Å². The Balaban J connectivity index is 1.81. The normalized spacial score (nSPS) is 10.1. The van der Waals surface area contributed by atoms with Gasteiger partial charge in [0.25, 0.3) is 0 Å². The van der Waals surface area contributed by atoms with Crippen LogP contribution in [0.2, 0.25) is 0 Å². The molecule has 0 fully saturated rings. The molecule has 0 N–H and O–H groups in total. The number of benzene rings is 3. The lowest BCUT2D eigenvalue weighted by Gasteiger charge is -2.09. The second-order valence-electron chi connectivity index (χ2n) is 5.09. The average Bonchev–Trinajstić information content (AvgIpc) is 2.64. The van der Waals surface area contributed by atoms with E-state index >= 15 is 0 Å². The van der Waals surface area contributed by atoms with Crippen molar-refractivity contribution in [2.45, 2.75) is 0 Å². The van der Waals surface area contributed by atoms with Gasteiger partial charge in [-0.25, -0.2) is 9.59 Å². The van der Waals surface area contributed by atoms with Crippen molar-refractivity contribution in [1.82, 2.24) is 0 Å². The Labute approximate surface area is 153 Å². The zero-order valence-corrected chi connectivity index (χ0v) is 14.6. The number of halogens is 1. The Kier molecular flexibility index (Phi) is 5.26. The number of para-hydroxylation sites is 1. The molecule has 25 heavy (non-hydrogen) atoms. The first-order valence-corrected chi connectivity index (χ1v) is 8.27. The Bertz CT molecular complexity index is 889. The maximum Gasteiger partial charge on any atom is 0.344 e. The Morgan fingerprint density at radius 3 is 1.56 bits per heavy atom. The fraction of sp³-hybridized carbons (Fsp3) is 0. The van der Waals surface area contributed by atoms with Gasteiger partial charge in [-0.05, 0) is 48.5 Å². The van der Waals surface area contributed by atoms with E-state index in [9.17, 15) is 9.59 Å². The molecule has 0 aliphatic rings. The molecule has 0 saturated heterocycles. The second-order valence-corrected chi connectivity index (χ2v) is 6.01. The van der Waals surface area contributed by atoms with Crippen LogP contribution in [0, 0.1) is 0 Å². The minimum absolute atomic E-state index is 0.145. The van der Waals surface area contributed by atoms with Crippen LogP contribution < -0.4 is 9.47 Å². The standard InChI is InChI=1S/C20H13BrO4/c21-14-10-12-16(13-11-14)25-20(23)18-9-5-4-8-17(18)19(22)24-15-6-2-1-3-7-15/h1-13H.